The summed E-state index contributed by atoms with van der Waals surface area (Å²) in [6.07, 6.45) is 1.42. The van der Waals surface area contributed by atoms with Gasteiger partial charge in [0.2, 0.25) is 5.78 Å². The molecule has 0 aliphatic heterocycles. The second kappa shape index (κ2) is 5.48. The molecule has 0 atom stereocenters. The van der Waals surface area contributed by atoms with Crippen molar-refractivity contribution in [3.63, 3.8) is 0 Å². The summed E-state index contributed by atoms with van der Waals surface area (Å²) in [5, 5.41) is -1.11. The summed E-state index contributed by atoms with van der Waals surface area (Å²) in [5.41, 5.74) is 0.726. The van der Waals surface area contributed by atoms with E-state index in [4.69, 9.17) is 27.9 Å². The number of Topliss-reactive ketones (excluding diaryl/α,β-unsaturated/α-hetero) is 1. The minimum atomic E-state index is -1.26. The van der Waals surface area contributed by atoms with Crippen molar-refractivity contribution < 1.29 is 19.1 Å². The van der Waals surface area contributed by atoms with Crippen molar-refractivity contribution in [2.75, 3.05) is 0 Å². The highest BCUT2D eigenvalue weighted by molar-refractivity contribution is 6.80. The lowest BCUT2D eigenvalue weighted by Gasteiger charge is -2.04. The molecule has 1 heterocycles. The van der Waals surface area contributed by atoms with Crippen LogP contribution in [0.3, 0.4) is 0 Å². The number of hydrogen-bond donors (Lipinski definition) is 1. The van der Waals surface area contributed by atoms with Crippen LogP contribution in [-0.4, -0.2) is 22.0 Å². The van der Waals surface area contributed by atoms with E-state index < -0.39 is 17.0 Å². The number of ether oxygens (including phenoxy) is 1. The Bertz CT molecular complexity index is 748. The quantitative estimate of drug-likeness (QED) is 0.235. The lowest BCUT2D eigenvalue weighted by Crippen LogP contribution is -2.15. The molecule has 1 aromatic heterocycles. The maximum atomic E-state index is 11.9. The van der Waals surface area contributed by atoms with Gasteiger partial charge in [-0.15, -0.1) is 0 Å². The number of carbonyl (C=O) groups excluding carboxylic acids is 3. The maximum absolute atomic E-state index is 11.9. The summed E-state index contributed by atoms with van der Waals surface area (Å²) < 4.78 is 4.85. The Kier molecular flexibility index (Phi) is 3.92. The molecule has 5 nitrogen and oxygen atoms in total. The molecule has 0 aliphatic rings. The van der Waals surface area contributed by atoms with Crippen LogP contribution in [0.1, 0.15) is 10.4 Å². The number of aromatic nitrogens is 1. The average molecular weight is 312 g/mol. The molecule has 0 saturated carbocycles. The number of halogens is 2. The first-order valence-electron chi connectivity index (χ1n) is 5.32. The number of aromatic amines is 1. The lowest BCUT2D eigenvalue weighted by atomic mass is 10.1. The molecule has 1 N–H and O–H groups in total. The van der Waals surface area contributed by atoms with Crippen LogP contribution in [0.25, 0.3) is 10.9 Å². The normalized spacial score (nSPS) is 10.3. The summed E-state index contributed by atoms with van der Waals surface area (Å²) in [5.74, 6) is -1.72. The van der Waals surface area contributed by atoms with E-state index in [0.717, 1.165) is 0 Å². The molecule has 2 rings (SSSR count). The minimum Gasteiger partial charge on any atom is -0.419 e. The molecule has 0 aliphatic carbocycles. The van der Waals surface area contributed by atoms with E-state index in [1.807, 2.05) is 0 Å². The molecule has 0 amide bonds. The van der Waals surface area contributed by atoms with Gasteiger partial charge in [0.1, 0.15) is 5.75 Å². The smallest absolute Gasteiger partial charge is 0.396 e. The number of fused-ring (bicyclic) bond motifs is 1. The van der Waals surface area contributed by atoms with Gasteiger partial charge in [-0.25, -0.2) is 4.79 Å². The zero-order valence-corrected chi connectivity index (χ0v) is 11.4. The van der Waals surface area contributed by atoms with E-state index in [0.29, 0.717) is 10.9 Å². The van der Waals surface area contributed by atoms with Gasteiger partial charge in [-0.05, 0) is 23.7 Å². The van der Waals surface area contributed by atoms with Crippen molar-refractivity contribution >= 4 is 51.1 Å². The van der Waals surface area contributed by atoms with Gasteiger partial charge in [0, 0.05) is 11.7 Å². The molecular formula is C13H7Cl2NO4. The second-order valence-corrected chi connectivity index (χ2v) is 4.58. The van der Waals surface area contributed by atoms with Crippen molar-refractivity contribution in [1.82, 2.24) is 4.98 Å². The molecule has 0 saturated heterocycles. The zero-order valence-electron chi connectivity index (χ0n) is 9.91. The van der Waals surface area contributed by atoms with Crippen LogP contribution in [0.5, 0.6) is 5.75 Å². The Morgan fingerprint density at radius 3 is 2.50 bits per heavy atom. The van der Waals surface area contributed by atoms with Gasteiger partial charge in [-0.3, -0.25) is 9.59 Å². The molecule has 102 valence electrons. The van der Waals surface area contributed by atoms with Crippen LogP contribution in [0.2, 0.25) is 0 Å². The number of ketones is 1. The van der Waals surface area contributed by atoms with Crippen LogP contribution in [-0.2, 0) is 9.59 Å². The van der Waals surface area contributed by atoms with Gasteiger partial charge in [0.15, 0.2) is 0 Å². The van der Waals surface area contributed by atoms with Gasteiger partial charge in [0.25, 0.3) is 0 Å². The van der Waals surface area contributed by atoms with Crippen molar-refractivity contribution in [2.24, 2.45) is 0 Å². The fourth-order valence-electron chi connectivity index (χ4n) is 1.70. The molecule has 1 aromatic carbocycles. The van der Waals surface area contributed by atoms with Crippen LogP contribution in [0.15, 0.2) is 36.0 Å². The van der Waals surface area contributed by atoms with E-state index in [9.17, 15) is 14.4 Å². The molecule has 0 spiro atoms. The summed E-state index contributed by atoms with van der Waals surface area (Å²) in [4.78, 5) is 36.7. The molecule has 0 fully saturated rings. The number of benzene rings is 1. The highest BCUT2D eigenvalue weighted by Crippen LogP contribution is 2.30. The third kappa shape index (κ3) is 2.59. The van der Waals surface area contributed by atoms with Crippen LogP contribution in [0.4, 0.5) is 0 Å². The number of H-pyrrole nitrogens is 1. The predicted octanol–water partition coefficient (Wildman–Crippen LogP) is 2.77. The van der Waals surface area contributed by atoms with Gasteiger partial charge in [0.05, 0.1) is 16.0 Å². The zero-order chi connectivity index (χ0) is 14.9. The fourth-order valence-corrected chi connectivity index (χ4v) is 1.84. The Balaban J connectivity index is 2.58. The van der Waals surface area contributed by atoms with E-state index in [1.165, 1.54) is 12.3 Å². The van der Waals surface area contributed by atoms with Gasteiger partial charge < -0.3 is 9.72 Å². The highest BCUT2D eigenvalue weighted by atomic mass is 35.5. The van der Waals surface area contributed by atoms with E-state index in [2.05, 4.69) is 11.6 Å². The Hall–Kier alpha value is -2.11. The van der Waals surface area contributed by atoms with Gasteiger partial charge in [-0.1, -0.05) is 24.2 Å². The van der Waals surface area contributed by atoms with Crippen molar-refractivity contribution in [3.05, 3.63) is 41.6 Å². The van der Waals surface area contributed by atoms with E-state index in [1.54, 1.807) is 12.1 Å². The minimum absolute atomic E-state index is 0.0315. The first-order valence-corrected chi connectivity index (χ1v) is 6.08. The number of allylic oxidation sites excluding steroid dienone is 1. The third-order valence-corrected chi connectivity index (χ3v) is 2.85. The molecule has 20 heavy (non-hydrogen) atoms. The molecule has 0 bridgehead atoms. The number of carbonyl (C=O) groups is 3. The monoisotopic (exact) mass is 311 g/mol. The maximum Gasteiger partial charge on any atom is 0.396 e. The van der Waals surface area contributed by atoms with Crippen molar-refractivity contribution in [1.29, 1.82) is 0 Å². The number of rotatable bonds is 4. The first-order chi connectivity index (χ1) is 9.41. The summed E-state index contributed by atoms with van der Waals surface area (Å²) >= 11 is 10.6. The summed E-state index contributed by atoms with van der Waals surface area (Å²) in [6, 6.07) is 4.69. The van der Waals surface area contributed by atoms with Crippen molar-refractivity contribution in [3.8, 4) is 5.75 Å². The number of hydrogen-bond acceptors (Lipinski definition) is 4. The van der Waals surface area contributed by atoms with E-state index in [-0.39, 0.29) is 16.3 Å². The number of nitrogens with one attached hydrogen (secondary N) is 1. The SMILES string of the molecule is C=C(Cl)C(=O)c1c[nH]c2cccc(OC(=O)C(=O)Cl)c12. The largest absolute Gasteiger partial charge is 0.419 e. The molecular weight excluding hydrogens is 305 g/mol. The van der Waals surface area contributed by atoms with Crippen molar-refractivity contribution in [2.45, 2.75) is 0 Å². The predicted molar refractivity (Wildman–Crippen MR) is 74.1 cm³/mol. The molecule has 0 unspecified atom stereocenters. The summed E-state index contributed by atoms with van der Waals surface area (Å²) in [6.45, 7) is 3.36. The topological polar surface area (TPSA) is 76.2 Å². The van der Waals surface area contributed by atoms with Gasteiger partial charge >= 0.3 is 11.2 Å². The molecule has 2 aromatic rings. The van der Waals surface area contributed by atoms with E-state index >= 15 is 0 Å². The molecule has 7 heteroatoms. The second-order valence-electron chi connectivity index (χ2n) is 3.78. The standard InChI is InChI=1S/C13H7Cl2NO4/c1-6(14)11(17)7-5-16-8-3-2-4-9(10(7)8)20-13(19)12(15)18/h2-5,16H,1H2. The van der Waals surface area contributed by atoms with Crippen LogP contribution >= 0.6 is 23.2 Å². The fraction of sp³-hybridized carbons (Fsp3) is 0. The average Bonchev–Trinajstić information content (AvgIpc) is 2.82. The Morgan fingerprint density at radius 2 is 1.90 bits per heavy atom. The highest BCUT2D eigenvalue weighted by Gasteiger charge is 2.20. The lowest BCUT2D eigenvalue weighted by molar-refractivity contribution is -0.143. The van der Waals surface area contributed by atoms with Crippen LogP contribution < -0.4 is 4.74 Å². The molecule has 0 radical (unpaired) electrons. The Labute approximate surface area is 123 Å². The van der Waals surface area contributed by atoms with Gasteiger partial charge in [-0.2, -0.15) is 0 Å². The number of esters is 1. The third-order valence-electron chi connectivity index (χ3n) is 2.52. The first kappa shape index (κ1) is 14.3. The van der Waals surface area contributed by atoms with Crippen LogP contribution in [0, 0.1) is 0 Å². The summed E-state index contributed by atoms with van der Waals surface area (Å²) in [7, 11) is 0. The Morgan fingerprint density at radius 1 is 1.20 bits per heavy atom.